The lowest BCUT2D eigenvalue weighted by Gasteiger charge is -2.18. The minimum absolute atomic E-state index is 0.0432. The Kier molecular flexibility index (Phi) is 5.65. The molecule has 2 rings (SSSR count). The molecule has 0 aliphatic carbocycles. The molecule has 5 heteroatoms. The minimum atomic E-state index is -0.0432. The molecule has 3 N–H and O–H groups in total. The van der Waals surface area contributed by atoms with Crippen molar-refractivity contribution in [1.82, 2.24) is 5.43 Å². The molecule has 0 aromatic heterocycles. The van der Waals surface area contributed by atoms with Crippen LogP contribution in [0.2, 0.25) is 5.02 Å². The van der Waals surface area contributed by atoms with E-state index in [0.29, 0.717) is 0 Å². The Morgan fingerprint density at radius 2 is 2.05 bits per heavy atom. The zero-order valence-corrected chi connectivity index (χ0v) is 14.3. The number of hydrogen-bond donors (Lipinski definition) is 2. The first-order valence-electron chi connectivity index (χ1n) is 6.59. The summed E-state index contributed by atoms with van der Waals surface area (Å²) >= 11 is 9.82. The van der Waals surface area contributed by atoms with Crippen molar-refractivity contribution >= 4 is 27.5 Å². The van der Waals surface area contributed by atoms with Crippen molar-refractivity contribution in [1.29, 1.82) is 0 Å². The molecular formula is C16H18BrClN2O. The molecule has 2 aromatic carbocycles. The largest absolute Gasteiger partial charge is 0.496 e. The van der Waals surface area contributed by atoms with Gasteiger partial charge in [0.15, 0.2) is 0 Å². The van der Waals surface area contributed by atoms with Crippen LogP contribution in [0.25, 0.3) is 0 Å². The summed E-state index contributed by atoms with van der Waals surface area (Å²) in [6.45, 7) is 2.02. The minimum Gasteiger partial charge on any atom is -0.496 e. The van der Waals surface area contributed by atoms with E-state index < -0.39 is 0 Å². The third-order valence-electron chi connectivity index (χ3n) is 3.39. The summed E-state index contributed by atoms with van der Waals surface area (Å²) in [7, 11) is 1.65. The van der Waals surface area contributed by atoms with E-state index in [1.54, 1.807) is 7.11 Å². The van der Waals surface area contributed by atoms with Crippen molar-refractivity contribution in [2.75, 3.05) is 7.11 Å². The maximum absolute atomic E-state index is 6.32. The zero-order valence-electron chi connectivity index (χ0n) is 12.0. The molecule has 0 saturated heterocycles. The summed E-state index contributed by atoms with van der Waals surface area (Å²) in [6, 6.07) is 11.9. The number of hydrogen-bond acceptors (Lipinski definition) is 3. The second-order valence-corrected chi connectivity index (χ2v) is 6.18. The van der Waals surface area contributed by atoms with Gasteiger partial charge in [-0.3, -0.25) is 11.3 Å². The van der Waals surface area contributed by atoms with Crippen LogP contribution in [0, 0.1) is 6.92 Å². The maximum atomic E-state index is 6.32. The van der Waals surface area contributed by atoms with Crippen molar-refractivity contribution in [3.05, 3.63) is 62.6 Å². The van der Waals surface area contributed by atoms with E-state index in [2.05, 4.69) is 21.4 Å². The Labute approximate surface area is 138 Å². The predicted octanol–water partition coefficient (Wildman–Crippen LogP) is 4.17. The third-order valence-corrected chi connectivity index (χ3v) is 4.34. The molecule has 112 valence electrons. The van der Waals surface area contributed by atoms with Crippen LogP contribution < -0.4 is 16.0 Å². The molecule has 0 bridgehead atoms. The summed E-state index contributed by atoms with van der Waals surface area (Å²) in [4.78, 5) is 0. The molecule has 0 amide bonds. The number of hydrazine groups is 1. The van der Waals surface area contributed by atoms with Crippen LogP contribution in [0.4, 0.5) is 0 Å². The summed E-state index contributed by atoms with van der Waals surface area (Å²) < 4.78 is 6.16. The molecule has 0 radical (unpaired) electrons. The average molecular weight is 370 g/mol. The van der Waals surface area contributed by atoms with E-state index in [9.17, 15) is 0 Å². The Balaban J connectivity index is 2.24. The molecule has 0 aliphatic rings. The third kappa shape index (κ3) is 3.98. The van der Waals surface area contributed by atoms with Gasteiger partial charge in [-0.05, 0) is 64.2 Å². The molecule has 1 atom stereocenters. The number of benzene rings is 2. The molecule has 1 unspecified atom stereocenters. The van der Waals surface area contributed by atoms with Gasteiger partial charge in [-0.15, -0.1) is 0 Å². The second kappa shape index (κ2) is 7.27. The molecule has 3 nitrogen and oxygen atoms in total. The normalized spacial score (nSPS) is 12.2. The highest BCUT2D eigenvalue weighted by Crippen LogP contribution is 2.30. The second-order valence-electron chi connectivity index (χ2n) is 4.92. The summed E-state index contributed by atoms with van der Waals surface area (Å²) in [5.41, 5.74) is 6.11. The van der Waals surface area contributed by atoms with Gasteiger partial charge in [0, 0.05) is 5.02 Å². The molecule has 0 spiro atoms. The van der Waals surface area contributed by atoms with Crippen LogP contribution in [-0.2, 0) is 6.42 Å². The fraction of sp³-hybridized carbons (Fsp3) is 0.250. The van der Waals surface area contributed by atoms with Gasteiger partial charge in [-0.25, -0.2) is 0 Å². The number of halogens is 2. The van der Waals surface area contributed by atoms with Gasteiger partial charge >= 0.3 is 0 Å². The first kappa shape index (κ1) is 16.3. The van der Waals surface area contributed by atoms with E-state index in [-0.39, 0.29) is 6.04 Å². The number of aryl methyl sites for hydroxylation is 1. The van der Waals surface area contributed by atoms with Crippen molar-refractivity contribution in [2.45, 2.75) is 19.4 Å². The number of methoxy groups -OCH3 is 1. The lowest BCUT2D eigenvalue weighted by atomic mass is 9.98. The average Bonchev–Trinajstić information content (AvgIpc) is 2.45. The lowest BCUT2D eigenvalue weighted by Crippen LogP contribution is -2.29. The smallest absolute Gasteiger partial charge is 0.133 e. The van der Waals surface area contributed by atoms with Crippen LogP contribution >= 0.6 is 27.5 Å². The number of nitrogens with one attached hydrogen (secondary N) is 1. The van der Waals surface area contributed by atoms with E-state index in [4.69, 9.17) is 22.2 Å². The van der Waals surface area contributed by atoms with Crippen molar-refractivity contribution in [3.63, 3.8) is 0 Å². The summed E-state index contributed by atoms with van der Waals surface area (Å²) in [6.07, 6.45) is 0.738. The van der Waals surface area contributed by atoms with E-state index in [1.165, 1.54) is 0 Å². The molecule has 0 heterocycles. The van der Waals surface area contributed by atoms with Gasteiger partial charge in [0.05, 0.1) is 17.6 Å². The monoisotopic (exact) mass is 368 g/mol. The van der Waals surface area contributed by atoms with Crippen LogP contribution in [0.3, 0.4) is 0 Å². The fourth-order valence-corrected chi connectivity index (χ4v) is 3.20. The van der Waals surface area contributed by atoms with Crippen molar-refractivity contribution in [3.8, 4) is 5.75 Å². The molecule has 21 heavy (non-hydrogen) atoms. The van der Waals surface area contributed by atoms with Gasteiger partial charge in [0.2, 0.25) is 0 Å². The Hall–Kier alpha value is -1.07. The van der Waals surface area contributed by atoms with E-state index >= 15 is 0 Å². The van der Waals surface area contributed by atoms with E-state index in [0.717, 1.165) is 38.4 Å². The standard InChI is InChI=1S/C16H18BrClN2O/c1-10-3-5-12(14(18)7-10)15(20-19)9-11-4-6-16(21-2)13(17)8-11/h3-8,15,20H,9,19H2,1-2H3. The Morgan fingerprint density at radius 1 is 1.29 bits per heavy atom. The number of rotatable bonds is 5. The van der Waals surface area contributed by atoms with Crippen LogP contribution in [0.5, 0.6) is 5.75 Å². The van der Waals surface area contributed by atoms with Gasteiger partial charge in [-0.1, -0.05) is 29.8 Å². The van der Waals surface area contributed by atoms with Crippen molar-refractivity contribution < 1.29 is 4.74 Å². The van der Waals surface area contributed by atoms with Gasteiger partial charge in [-0.2, -0.15) is 0 Å². The first-order valence-corrected chi connectivity index (χ1v) is 7.77. The lowest BCUT2D eigenvalue weighted by molar-refractivity contribution is 0.412. The molecular weight excluding hydrogens is 352 g/mol. The van der Waals surface area contributed by atoms with Crippen molar-refractivity contribution in [2.24, 2.45) is 5.84 Å². The molecule has 0 aliphatic heterocycles. The highest BCUT2D eigenvalue weighted by molar-refractivity contribution is 9.10. The molecule has 0 fully saturated rings. The first-order chi connectivity index (χ1) is 10.0. The number of nitrogens with two attached hydrogens (primary N) is 1. The summed E-state index contributed by atoms with van der Waals surface area (Å²) in [5.74, 6) is 6.52. The van der Waals surface area contributed by atoms with Gasteiger partial charge in [0.25, 0.3) is 0 Å². The quantitative estimate of drug-likeness (QED) is 0.614. The highest BCUT2D eigenvalue weighted by Gasteiger charge is 2.15. The SMILES string of the molecule is COc1ccc(CC(NN)c2ccc(C)cc2Cl)cc1Br. The van der Waals surface area contributed by atoms with Crippen LogP contribution in [0.15, 0.2) is 40.9 Å². The van der Waals surface area contributed by atoms with Gasteiger partial charge < -0.3 is 4.74 Å². The fourth-order valence-electron chi connectivity index (χ4n) is 2.25. The van der Waals surface area contributed by atoms with Crippen LogP contribution in [-0.4, -0.2) is 7.11 Å². The van der Waals surface area contributed by atoms with E-state index in [1.807, 2.05) is 43.3 Å². The summed E-state index contributed by atoms with van der Waals surface area (Å²) in [5, 5.41) is 0.727. The van der Waals surface area contributed by atoms with Crippen LogP contribution in [0.1, 0.15) is 22.7 Å². The van der Waals surface area contributed by atoms with Gasteiger partial charge in [0.1, 0.15) is 5.75 Å². The molecule has 2 aromatic rings. The maximum Gasteiger partial charge on any atom is 0.133 e. The predicted molar refractivity (Wildman–Crippen MR) is 90.7 cm³/mol. The Bertz CT molecular complexity index is 634. The molecule has 0 saturated carbocycles. The highest BCUT2D eigenvalue weighted by atomic mass is 79.9. The Morgan fingerprint density at radius 3 is 2.62 bits per heavy atom. The zero-order chi connectivity index (χ0) is 15.4. The number of ether oxygens (including phenoxy) is 1. The topological polar surface area (TPSA) is 47.3 Å².